The van der Waals surface area contributed by atoms with Crippen LogP contribution in [0, 0.1) is 11.8 Å². The molecule has 0 radical (unpaired) electrons. The summed E-state index contributed by atoms with van der Waals surface area (Å²) < 4.78 is 2.18. The smallest absolute Gasteiger partial charge is 0.0559 e. The van der Waals surface area contributed by atoms with E-state index in [4.69, 9.17) is 0 Å². The molecule has 102 valence electrons. The second-order valence-corrected chi connectivity index (χ2v) is 5.90. The van der Waals surface area contributed by atoms with Crippen molar-refractivity contribution in [1.82, 2.24) is 15.1 Å². The molecule has 2 rings (SSSR count). The molecule has 0 aromatic carbocycles. The SMILES string of the molecule is CCNC(c1ccnn1C(C)C)C1CCCC1C. The zero-order chi connectivity index (χ0) is 13.1. The minimum absolute atomic E-state index is 0.438. The van der Waals surface area contributed by atoms with Crippen molar-refractivity contribution >= 4 is 0 Å². The molecule has 1 aromatic rings. The summed E-state index contributed by atoms with van der Waals surface area (Å²) in [4.78, 5) is 0. The van der Waals surface area contributed by atoms with Gasteiger partial charge in [0.05, 0.1) is 11.7 Å². The van der Waals surface area contributed by atoms with Crippen LogP contribution in [0.4, 0.5) is 0 Å². The summed E-state index contributed by atoms with van der Waals surface area (Å²) in [5.41, 5.74) is 1.37. The van der Waals surface area contributed by atoms with E-state index in [2.05, 4.69) is 48.9 Å². The van der Waals surface area contributed by atoms with Gasteiger partial charge in [-0.05, 0) is 44.7 Å². The van der Waals surface area contributed by atoms with Crippen LogP contribution in [-0.4, -0.2) is 16.3 Å². The van der Waals surface area contributed by atoms with Crippen LogP contribution in [0.3, 0.4) is 0 Å². The number of nitrogens with one attached hydrogen (secondary N) is 1. The topological polar surface area (TPSA) is 29.9 Å². The summed E-state index contributed by atoms with van der Waals surface area (Å²) in [5.74, 6) is 1.59. The van der Waals surface area contributed by atoms with E-state index in [1.54, 1.807) is 0 Å². The Balaban J connectivity index is 2.26. The molecule has 1 aliphatic carbocycles. The molecule has 0 saturated heterocycles. The summed E-state index contributed by atoms with van der Waals surface area (Å²) in [5, 5.41) is 8.18. The molecule has 0 bridgehead atoms. The lowest BCUT2D eigenvalue weighted by atomic mass is 9.88. The highest BCUT2D eigenvalue weighted by Crippen LogP contribution is 2.40. The molecule has 0 amide bonds. The van der Waals surface area contributed by atoms with Crippen molar-refractivity contribution in [3.63, 3.8) is 0 Å². The minimum atomic E-state index is 0.438. The number of hydrogen-bond donors (Lipinski definition) is 1. The third kappa shape index (κ3) is 2.61. The first kappa shape index (κ1) is 13.6. The largest absolute Gasteiger partial charge is 0.309 e. The molecule has 1 fully saturated rings. The molecule has 3 heteroatoms. The molecule has 1 aliphatic rings. The Morgan fingerprint density at radius 3 is 2.78 bits per heavy atom. The lowest BCUT2D eigenvalue weighted by molar-refractivity contribution is 0.287. The number of rotatable bonds is 5. The minimum Gasteiger partial charge on any atom is -0.309 e. The van der Waals surface area contributed by atoms with E-state index in [1.807, 2.05) is 6.20 Å². The Hall–Kier alpha value is -0.830. The van der Waals surface area contributed by atoms with Gasteiger partial charge in [0.1, 0.15) is 0 Å². The van der Waals surface area contributed by atoms with Crippen LogP contribution in [0.25, 0.3) is 0 Å². The standard InChI is InChI=1S/C15H27N3/c1-5-16-15(13-8-6-7-12(13)4)14-9-10-17-18(14)11(2)3/h9-13,15-16H,5-8H2,1-4H3. The van der Waals surface area contributed by atoms with Gasteiger partial charge < -0.3 is 5.32 Å². The van der Waals surface area contributed by atoms with Gasteiger partial charge in [0.15, 0.2) is 0 Å². The van der Waals surface area contributed by atoms with Crippen molar-refractivity contribution in [2.75, 3.05) is 6.54 Å². The highest BCUT2D eigenvalue weighted by molar-refractivity contribution is 5.10. The van der Waals surface area contributed by atoms with Crippen LogP contribution < -0.4 is 5.32 Å². The second-order valence-electron chi connectivity index (χ2n) is 5.90. The van der Waals surface area contributed by atoms with Crippen molar-refractivity contribution < 1.29 is 0 Å². The number of nitrogens with zero attached hydrogens (tertiary/aromatic N) is 2. The molecule has 0 spiro atoms. The van der Waals surface area contributed by atoms with Gasteiger partial charge in [0.2, 0.25) is 0 Å². The van der Waals surface area contributed by atoms with Crippen molar-refractivity contribution in [2.24, 2.45) is 11.8 Å². The third-order valence-corrected chi connectivity index (χ3v) is 4.29. The van der Waals surface area contributed by atoms with Crippen molar-refractivity contribution in [2.45, 2.75) is 59.0 Å². The molecular weight excluding hydrogens is 222 g/mol. The summed E-state index contributed by atoms with van der Waals surface area (Å²) in [6.07, 6.45) is 6.05. The first-order chi connectivity index (χ1) is 8.65. The van der Waals surface area contributed by atoms with Crippen LogP contribution in [0.1, 0.15) is 64.7 Å². The molecule has 3 nitrogen and oxygen atoms in total. The summed E-state index contributed by atoms with van der Waals surface area (Å²) in [6, 6.07) is 3.10. The predicted molar refractivity (Wildman–Crippen MR) is 75.5 cm³/mol. The average Bonchev–Trinajstić information content (AvgIpc) is 2.94. The summed E-state index contributed by atoms with van der Waals surface area (Å²) in [6.45, 7) is 10.0. The van der Waals surface area contributed by atoms with Crippen molar-refractivity contribution in [1.29, 1.82) is 0 Å². The van der Waals surface area contributed by atoms with Crippen LogP contribution in [0.2, 0.25) is 0 Å². The third-order valence-electron chi connectivity index (χ3n) is 4.29. The fraction of sp³-hybridized carbons (Fsp3) is 0.800. The van der Waals surface area contributed by atoms with Gasteiger partial charge in [-0.15, -0.1) is 0 Å². The predicted octanol–water partition coefficient (Wildman–Crippen LogP) is 3.55. The Morgan fingerprint density at radius 2 is 2.22 bits per heavy atom. The summed E-state index contributed by atoms with van der Waals surface area (Å²) in [7, 11) is 0. The molecule has 0 aliphatic heterocycles. The molecule has 1 heterocycles. The maximum absolute atomic E-state index is 4.49. The molecule has 1 N–H and O–H groups in total. The fourth-order valence-corrected chi connectivity index (χ4v) is 3.37. The first-order valence-corrected chi connectivity index (χ1v) is 7.42. The Labute approximate surface area is 111 Å². The van der Waals surface area contributed by atoms with Gasteiger partial charge in [-0.1, -0.05) is 26.7 Å². The van der Waals surface area contributed by atoms with Gasteiger partial charge in [-0.25, -0.2) is 0 Å². The molecule has 18 heavy (non-hydrogen) atoms. The van der Waals surface area contributed by atoms with Crippen LogP contribution >= 0.6 is 0 Å². The van der Waals surface area contributed by atoms with Crippen LogP contribution in [0.15, 0.2) is 12.3 Å². The van der Waals surface area contributed by atoms with Crippen molar-refractivity contribution in [3.8, 4) is 0 Å². The number of hydrogen-bond acceptors (Lipinski definition) is 2. The Bertz CT molecular complexity index is 370. The van der Waals surface area contributed by atoms with E-state index in [-0.39, 0.29) is 0 Å². The second kappa shape index (κ2) is 5.87. The van der Waals surface area contributed by atoms with E-state index >= 15 is 0 Å². The quantitative estimate of drug-likeness (QED) is 0.865. The van der Waals surface area contributed by atoms with Crippen LogP contribution in [-0.2, 0) is 0 Å². The highest BCUT2D eigenvalue weighted by Gasteiger charge is 2.33. The zero-order valence-corrected chi connectivity index (χ0v) is 12.2. The van der Waals surface area contributed by atoms with E-state index in [0.29, 0.717) is 12.1 Å². The van der Waals surface area contributed by atoms with Gasteiger partial charge in [-0.3, -0.25) is 4.68 Å². The van der Waals surface area contributed by atoms with E-state index in [9.17, 15) is 0 Å². The lowest BCUT2D eigenvalue weighted by Gasteiger charge is -2.29. The fourth-order valence-electron chi connectivity index (χ4n) is 3.37. The number of aromatic nitrogens is 2. The molecular formula is C15H27N3. The molecule has 1 aromatic heterocycles. The van der Waals surface area contributed by atoms with Crippen molar-refractivity contribution in [3.05, 3.63) is 18.0 Å². The van der Waals surface area contributed by atoms with Gasteiger partial charge in [0, 0.05) is 12.2 Å². The molecule has 1 saturated carbocycles. The summed E-state index contributed by atoms with van der Waals surface area (Å²) >= 11 is 0. The highest BCUT2D eigenvalue weighted by atomic mass is 15.3. The van der Waals surface area contributed by atoms with Crippen LogP contribution in [0.5, 0.6) is 0 Å². The molecule has 3 unspecified atom stereocenters. The lowest BCUT2D eigenvalue weighted by Crippen LogP contribution is -2.32. The zero-order valence-electron chi connectivity index (χ0n) is 12.2. The van der Waals surface area contributed by atoms with E-state index in [0.717, 1.165) is 18.4 Å². The molecule has 3 atom stereocenters. The Morgan fingerprint density at radius 1 is 1.44 bits per heavy atom. The monoisotopic (exact) mass is 249 g/mol. The average molecular weight is 249 g/mol. The van der Waals surface area contributed by atoms with E-state index < -0.39 is 0 Å². The van der Waals surface area contributed by atoms with E-state index in [1.165, 1.54) is 25.0 Å². The first-order valence-electron chi connectivity index (χ1n) is 7.42. The Kier molecular flexibility index (Phi) is 4.44. The maximum atomic E-state index is 4.49. The maximum Gasteiger partial charge on any atom is 0.0559 e. The van der Waals surface area contributed by atoms with Gasteiger partial charge in [0.25, 0.3) is 0 Å². The van der Waals surface area contributed by atoms with Gasteiger partial charge >= 0.3 is 0 Å². The van der Waals surface area contributed by atoms with Gasteiger partial charge in [-0.2, -0.15) is 5.10 Å². The normalized spacial score (nSPS) is 25.8.